The fourth-order valence-corrected chi connectivity index (χ4v) is 2.39. The zero-order valence-electron chi connectivity index (χ0n) is 14.6. The third kappa shape index (κ3) is 4.55. The summed E-state index contributed by atoms with van der Waals surface area (Å²) in [6.07, 6.45) is 21.5. The standard InChI is InChI=1S/C23H24N2/c1-7-13-17-19(14-8-2)25-22(16-10-4)21(15-9-3)20(12-6)23(25)24-18-11-5/h7-18H,1-6H2/b17-13-,19-14+,21-15-,22-16+,24-18-. The molecule has 2 nitrogen and oxygen atoms in total. The zero-order chi connectivity index (χ0) is 18.7. The van der Waals surface area contributed by atoms with E-state index in [2.05, 4.69) is 44.5 Å². The van der Waals surface area contributed by atoms with Crippen LogP contribution in [0.3, 0.4) is 0 Å². The van der Waals surface area contributed by atoms with Crippen LogP contribution in [-0.2, 0) is 0 Å². The summed E-state index contributed by atoms with van der Waals surface area (Å²) in [7, 11) is 0. The van der Waals surface area contributed by atoms with E-state index in [0.717, 1.165) is 27.6 Å². The molecule has 0 N–H and O–H groups in total. The Morgan fingerprint density at radius 3 is 2.08 bits per heavy atom. The average Bonchev–Trinajstić information content (AvgIpc) is 2.90. The Hall–Kier alpha value is -3.39. The molecule has 0 spiro atoms. The number of nitrogens with zero attached hydrogens (tertiary/aromatic N) is 2. The van der Waals surface area contributed by atoms with Crippen molar-refractivity contribution in [2.75, 3.05) is 0 Å². The number of allylic oxidation sites excluding steroid dienone is 9. The summed E-state index contributed by atoms with van der Waals surface area (Å²) < 4.78 is 2.01. The normalized spacial score (nSPS) is 13.4. The molecule has 0 amide bonds. The molecule has 2 heteroatoms. The van der Waals surface area contributed by atoms with Gasteiger partial charge < -0.3 is 0 Å². The van der Waals surface area contributed by atoms with E-state index in [0.29, 0.717) is 0 Å². The molecule has 0 aromatic carbocycles. The Balaban J connectivity index is 4.19. The number of aromatic nitrogens is 1. The van der Waals surface area contributed by atoms with E-state index in [1.807, 2.05) is 34.9 Å². The highest BCUT2D eigenvalue weighted by Crippen LogP contribution is 2.21. The summed E-state index contributed by atoms with van der Waals surface area (Å²) >= 11 is 0. The Morgan fingerprint density at radius 1 is 0.840 bits per heavy atom. The van der Waals surface area contributed by atoms with Gasteiger partial charge in [0.15, 0.2) is 0 Å². The Morgan fingerprint density at radius 2 is 1.56 bits per heavy atom. The lowest BCUT2D eigenvalue weighted by Gasteiger charge is -2.08. The highest BCUT2D eigenvalue weighted by molar-refractivity contribution is 5.79. The van der Waals surface area contributed by atoms with Gasteiger partial charge in [0.2, 0.25) is 0 Å². The van der Waals surface area contributed by atoms with Crippen LogP contribution in [0.4, 0.5) is 5.82 Å². The Labute approximate surface area is 150 Å². The van der Waals surface area contributed by atoms with Gasteiger partial charge in [0.1, 0.15) is 5.82 Å². The van der Waals surface area contributed by atoms with Crippen LogP contribution in [0.1, 0.15) is 5.56 Å². The first kappa shape index (κ1) is 19.7. The van der Waals surface area contributed by atoms with Crippen molar-refractivity contribution in [3.8, 4) is 0 Å². The molecule has 126 valence electrons. The Kier molecular flexibility index (Phi) is 8.17. The van der Waals surface area contributed by atoms with Crippen molar-refractivity contribution in [2.45, 2.75) is 0 Å². The number of aliphatic imine (C=N–C) groups is 1. The minimum absolute atomic E-state index is 0.734. The first-order chi connectivity index (χ1) is 12.2. The highest BCUT2D eigenvalue weighted by atomic mass is 15.1. The molecule has 0 saturated carbocycles. The Bertz CT molecular complexity index is 897. The van der Waals surface area contributed by atoms with Gasteiger partial charge in [0.05, 0.1) is 5.35 Å². The molecule has 0 saturated heterocycles. The van der Waals surface area contributed by atoms with Crippen molar-refractivity contribution in [3.63, 3.8) is 0 Å². The first-order valence-electron chi connectivity index (χ1n) is 7.80. The lowest BCUT2D eigenvalue weighted by molar-refractivity contribution is 1.06. The van der Waals surface area contributed by atoms with E-state index in [1.54, 1.807) is 42.7 Å². The predicted octanol–water partition coefficient (Wildman–Crippen LogP) is 4.72. The lowest BCUT2D eigenvalue weighted by atomic mass is 10.2. The zero-order valence-corrected chi connectivity index (χ0v) is 14.6. The quantitative estimate of drug-likeness (QED) is 0.461. The van der Waals surface area contributed by atoms with Crippen LogP contribution in [0, 0.1) is 0 Å². The lowest BCUT2D eigenvalue weighted by Crippen LogP contribution is -2.29. The maximum atomic E-state index is 4.56. The molecule has 0 unspecified atom stereocenters. The number of rotatable bonds is 9. The monoisotopic (exact) mass is 328 g/mol. The minimum atomic E-state index is 0.734. The molecule has 1 heterocycles. The van der Waals surface area contributed by atoms with Gasteiger partial charge in [-0.1, -0.05) is 88.1 Å². The molecule has 0 fully saturated rings. The fraction of sp³-hybridized carbons (Fsp3) is 0. The van der Waals surface area contributed by atoms with E-state index in [9.17, 15) is 0 Å². The van der Waals surface area contributed by atoms with Gasteiger partial charge in [-0.3, -0.25) is 4.57 Å². The van der Waals surface area contributed by atoms with Crippen LogP contribution in [0.25, 0.3) is 23.9 Å². The molecule has 0 bridgehead atoms. The second kappa shape index (κ2) is 10.4. The molecular formula is C23H24N2. The molecule has 1 aromatic heterocycles. The van der Waals surface area contributed by atoms with Crippen molar-refractivity contribution < 1.29 is 0 Å². The topological polar surface area (TPSA) is 17.3 Å². The van der Waals surface area contributed by atoms with Crippen molar-refractivity contribution in [2.24, 2.45) is 4.99 Å². The summed E-state index contributed by atoms with van der Waals surface area (Å²) in [5.74, 6) is 0.734. The van der Waals surface area contributed by atoms with Gasteiger partial charge in [0, 0.05) is 22.7 Å². The molecule has 0 aliphatic heterocycles. The highest BCUT2D eigenvalue weighted by Gasteiger charge is 2.13. The van der Waals surface area contributed by atoms with Gasteiger partial charge in [-0.05, 0) is 18.2 Å². The van der Waals surface area contributed by atoms with E-state index >= 15 is 0 Å². The minimum Gasteiger partial charge on any atom is -0.294 e. The van der Waals surface area contributed by atoms with Gasteiger partial charge in [-0.25, -0.2) is 4.99 Å². The average molecular weight is 328 g/mol. The van der Waals surface area contributed by atoms with Crippen LogP contribution in [-0.4, -0.2) is 10.8 Å². The second-order valence-electron chi connectivity index (χ2n) is 4.82. The second-order valence-corrected chi connectivity index (χ2v) is 4.82. The van der Waals surface area contributed by atoms with Gasteiger partial charge in [0.25, 0.3) is 0 Å². The largest absolute Gasteiger partial charge is 0.294 e. The van der Waals surface area contributed by atoms with E-state index < -0.39 is 0 Å². The summed E-state index contributed by atoms with van der Waals surface area (Å²) in [4.78, 5) is 4.56. The smallest absolute Gasteiger partial charge is 0.145 e. The maximum Gasteiger partial charge on any atom is 0.145 e. The van der Waals surface area contributed by atoms with Crippen molar-refractivity contribution in [1.29, 1.82) is 0 Å². The molecule has 1 aromatic rings. The first-order valence-corrected chi connectivity index (χ1v) is 7.80. The van der Waals surface area contributed by atoms with E-state index in [1.165, 1.54) is 0 Å². The fourth-order valence-electron chi connectivity index (χ4n) is 2.39. The molecule has 1 rings (SSSR count). The molecule has 0 aliphatic carbocycles. The van der Waals surface area contributed by atoms with Crippen molar-refractivity contribution in [3.05, 3.63) is 104 Å². The van der Waals surface area contributed by atoms with Crippen molar-refractivity contribution in [1.82, 2.24) is 4.57 Å². The van der Waals surface area contributed by atoms with Gasteiger partial charge >= 0.3 is 0 Å². The summed E-state index contributed by atoms with van der Waals surface area (Å²) in [6.45, 7) is 22.8. The van der Waals surface area contributed by atoms with Crippen molar-refractivity contribution >= 4 is 36.0 Å². The maximum absolute atomic E-state index is 4.56. The van der Waals surface area contributed by atoms with Crippen LogP contribution in [0.5, 0.6) is 0 Å². The third-order valence-electron chi connectivity index (χ3n) is 3.28. The predicted molar refractivity (Wildman–Crippen MR) is 115 cm³/mol. The van der Waals surface area contributed by atoms with Gasteiger partial charge in [-0.2, -0.15) is 0 Å². The van der Waals surface area contributed by atoms with Crippen LogP contribution in [0.2, 0.25) is 0 Å². The molecular weight excluding hydrogens is 304 g/mol. The number of hydrogen-bond donors (Lipinski definition) is 0. The molecule has 0 radical (unpaired) electrons. The van der Waals surface area contributed by atoms with Crippen LogP contribution >= 0.6 is 0 Å². The van der Waals surface area contributed by atoms with Crippen LogP contribution in [0.15, 0.2) is 93.1 Å². The third-order valence-corrected chi connectivity index (χ3v) is 3.28. The molecule has 0 aliphatic rings. The molecule has 25 heavy (non-hydrogen) atoms. The summed E-state index contributed by atoms with van der Waals surface area (Å²) in [5.41, 5.74) is 1.78. The number of hydrogen-bond acceptors (Lipinski definition) is 1. The van der Waals surface area contributed by atoms with Gasteiger partial charge in [-0.15, -0.1) is 0 Å². The van der Waals surface area contributed by atoms with Crippen LogP contribution < -0.4 is 10.6 Å². The SMILES string of the molecule is C=C/C=C\C(=C/C=C)n1c(/N=C\C=C)c(C=C)c(=C/C=C)/c1=C\C=C. The van der Waals surface area contributed by atoms with E-state index in [-0.39, 0.29) is 0 Å². The summed E-state index contributed by atoms with van der Waals surface area (Å²) in [6, 6.07) is 0. The molecule has 0 atom stereocenters. The van der Waals surface area contributed by atoms with E-state index in [4.69, 9.17) is 0 Å². The summed E-state index contributed by atoms with van der Waals surface area (Å²) in [5, 5.41) is 1.88.